The molecule has 1 aromatic heterocycles. The van der Waals surface area contributed by atoms with Crippen molar-refractivity contribution in [1.82, 2.24) is 9.29 Å². The minimum atomic E-state index is -3.61. The van der Waals surface area contributed by atoms with Gasteiger partial charge in [-0.1, -0.05) is 31.2 Å². The summed E-state index contributed by atoms with van der Waals surface area (Å²) >= 11 is 0. The van der Waals surface area contributed by atoms with E-state index in [4.69, 9.17) is 4.74 Å². The van der Waals surface area contributed by atoms with Crippen molar-refractivity contribution in [3.8, 4) is 0 Å². The zero-order chi connectivity index (χ0) is 19.6. The third-order valence-corrected chi connectivity index (χ3v) is 7.10. The third kappa shape index (κ3) is 3.72. The van der Waals surface area contributed by atoms with Crippen molar-refractivity contribution in [3.63, 3.8) is 0 Å². The van der Waals surface area contributed by atoms with Gasteiger partial charge in [-0.15, -0.1) is 0 Å². The second kappa shape index (κ2) is 8.07. The highest BCUT2D eigenvalue weighted by Gasteiger charge is 2.21. The van der Waals surface area contributed by atoms with E-state index in [9.17, 15) is 8.42 Å². The minimum Gasteiger partial charge on any atom is -0.381 e. The molecule has 0 atom stereocenters. The maximum atomic E-state index is 13.1. The van der Waals surface area contributed by atoms with Crippen LogP contribution in [0, 0.1) is 0 Å². The SMILES string of the molecule is CCc1cn(S(=O)(=O)c2ccccc2)c2ccc(CNC3CCOCC3)cc12. The molecular formula is C22H26N2O3S. The number of aromatic nitrogens is 1. The van der Waals surface area contributed by atoms with Gasteiger partial charge >= 0.3 is 0 Å². The van der Waals surface area contributed by atoms with Crippen molar-refractivity contribution in [2.45, 2.75) is 43.7 Å². The molecule has 1 saturated heterocycles. The van der Waals surface area contributed by atoms with Gasteiger partial charge in [-0.3, -0.25) is 0 Å². The van der Waals surface area contributed by atoms with Crippen molar-refractivity contribution >= 4 is 20.9 Å². The lowest BCUT2D eigenvalue weighted by Gasteiger charge is -2.23. The molecule has 1 fully saturated rings. The molecule has 3 aromatic rings. The van der Waals surface area contributed by atoms with E-state index in [1.165, 1.54) is 9.54 Å². The Labute approximate surface area is 166 Å². The molecule has 4 rings (SSSR count). The first kappa shape index (κ1) is 19.2. The molecule has 0 spiro atoms. The van der Waals surface area contributed by atoms with E-state index in [-0.39, 0.29) is 0 Å². The Balaban J connectivity index is 1.66. The summed E-state index contributed by atoms with van der Waals surface area (Å²) in [6, 6.07) is 15.1. The van der Waals surface area contributed by atoms with E-state index in [1.807, 2.05) is 18.2 Å². The summed E-state index contributed by atoms with van der Waals surface area (Å²) in [7, 11) is -3.61. The second-order valence-corrected chi connectivity index (χ2v) is 9.06. The maximum Gasteiger partial charge on any atom is 0.268 e. The fourth-order valence-electron chi connectivity index (χ4n) is 3.77. The summed E-state index contributed by atoms with van der Waals surface area (Å²) in [5.41, 5.74) is 2.95. The van der Waals surface area contributed by atoms with E-state index in [2.05, 4.69) is 18.3 Å². The molecule has 2 heterocycles. The largest absolute Gasteiger partial charge is 0.381 e. The summed E-state index contributed by atoms with van der Waals surface area (Å²) in [5.74, 6) is 0. The van der Waals surface area contributed by atoms with Gasteiger partial charge < -0.3 is 10.1 Å². The van der Waals surface area contributed by atoms with Crippen molar-refractivity contribution in [2.75, 3.05) is 13.2 Å². The summed E-state index contributed by atoms with van der Waals surface area (Å²) < 4.78 is 33.1. The molecule has 0 amide bonds. The number of hydrogen-bond donors (Lipinski definition) is 1. The second-order valence-electron chi connectivity index (χ2n) is 7.24. The Hall–Kier alpha value is -2.15. The standard InChI is InChI=1S/C22H26N2O3S/c1-2-18-16-24(28(25,26)20-6-4-3-5-7-20)22-9-8-17(14-21(18)22)15-23-19-10-12-27-13-11-19/h3-9,14,16,19,23H,2,10-13,15H2,1H3. The van der Waals surface area contributed by atoms with E-state index >= 15 is 0 Å². The lowest BCUT2D eigenvalue weighted by atomic mass is 10.1. The fourth-order valence-corrected chi connectivity index (χ4v) is 5.19. The Morgan fingerprint density at radius 1 is 1.11 bits per heavy atom. The smallest absolute Gasteiger partial charge is 0.268 e. The predicted molar refractivity (Wildman–Crippen MR) is 111 cm³/mol. The Bertz CT molecular complexity index is 1050. The van der Waals surface area contributed by atoms with Crippen LogP contribution in [0.3, 0.4) is 0 Å². The average molecular weight is 399 g/mol. The van der Waals surface area contributed by atoms with Gasteiger partial charge in [0, 0.05) is 37.4 Å². The molecule has 0 saturated carbocycles. The molecule has 0 radical (unpaired) electrons. The molecule has 0 unspecified atom stereocenters. The first-order chi connectivity index (χ1) is 13.6. The van der Waals surface area contributed by atoms with Gasteiger partial charge in [0.1, 0.15) is 0 Å². The molecule has 1 aliphatic heterocycles. The highest BCUT2D eigenvalue weighted by molar-refractivity contribution is 7.90. The van der Waals surface area contributed by atoms with Crippen LogP contribution in [0.15, 0.2) is 59.6 Å². The Morgan fingerprint density at radius 2 is 1.86 bits per heavy atom. The van der Waals surface area contributed by atoms with Crippen molar-refractivity contribution in [2.24, 2.45) is 0 Å². The van der Waals surface area contributed by atoms with Crippen molar-refractivity contribution in [1.29, 1.82) is 0 Å². The van der Waals surface area contributed by atoms with Crippen LogP contribution in [0.25, 0.3) is 10.9 Å². The van der Waals surface area contributed by atoms with E-state index in [0.29, 0.717) is 10.9 Å². The number of nitrogens with zero attached hydrogens (tertiary/aromatic N) is 1. The first-order valence-electron chi connectivity index (χ1n) is 9.84. The Morgan fingerprint density at radius 3 is 2.57 bits per heavy atom. The number of fused-ring (bicyclic) bond motifs is 1. The third-order valence-electron chi connectivity index (χ3n) is 5.41. The molecular weight excluding hydrogens is 372 g/mol. The average Bonchev–Trinajstić information content (AvgIpc) is 3.12. The number of benzene rings is 2. The molecule has 6 heteroatoms. The van der Waals surface area contributed by atoms with Crippen LogP contribution in [0.2, 0.25) is 0 Å². The van der Waals surface area contributed by atoms with Gasteiger partial charge in [0.25, 0.3) is 10.0 Å². The van der Waals surface area contributed by atoms with Gasteiger partial charge in [0.2, 0.25) is 0 Å². The number of rotatable bonds is 6. The quantitative estimate of drug-likeness (QED) is 0.688. The molecule has 2 aromatic carbocycles. The normalized spacial score (nSPS) is 15.9. The minimum absolute atomic E-state index is 0.305. The number of aryl methyl sites for hydroxylation is 1. The van der Waals surface area contributed by atoms with Crippen LogP contribution >= 0.6 is 0 Å². The number of nitrogens with one attached hydrogen (secondary N) is 1. The topological polar surface area (TPSA) is 60.3 Å². The van der Waals surface area contributed by atoms with Gasteiger partial charge in [-0.2, -0.15) is 0 Å². The fraction of sp³-hybridized carbons (Fsp3) is 0.364. The molecule has 148 valence electrons. The lowest BCUT2D eigenvalue weighted by Crippen LogP contribution is -2.34. The number of hydrogen-bond acceptors (Lipinski definition) is 4. The highest BCUT2D eigenvalue weighted by Crippen LogP contribution is 2.27. The summed E-state index contributed by atoms with van der Waals surface area (Å²) in [4.78, 5) is 0.305. The van der Waals surface area contributed by atoms with E-state index in [1.54, 1.807) is 30.5 Å². The van der Waals surface area contributed by atoms with Crippen molar-refractivity contribution < 1.29 is 13.2 Å². The van der Waals surface area contributed by atoms with Crippen LogP contribution in [0.5, 0.6) is 0 Å². The summed E-state index contributed by atoms with van der Waals surface area (Å²) in [6.07, 6.45) is 4.62. The predicted octanol–water partition coefficient (Wildman–Crippen LogP) is 3.71. The van der Waals surface area contributed by atoms with Gasteiger partial charge in [0.05, 0.1) is 10.4 Å². The molecule has 0 bridgehead atoms. The van der Waals surface area contributed by atoms with E-state index in [0.717, 1.165) is 55.5 Å². The van der Waals surface area contributed by atoms with Gasteiger partial charge in [0.15, 0.2) is 0 Å². The molecule has 28 heavy (non-hydrogen) atoms. The van der Waals surface area contributed by atoms with Crippen LogP contribution in [-0.2, 0) is 27.7 Å². The van der Waals surface area contributed by atoms with Gasteiger partial charge in [-0.25, -0.2) is 12.4 Å². The molecule has 1 N–H and O–H groups in total. The molecule has 1 aliphatic rings. The van der Waals surface area contributed by atoms with Crippen molar-refractivity contribution in [3.05, 3.63) is 65.9 Å². The van der Waals surface area contributed by atoms with Crippen LogP contribution in [0.1, 0.15) is 30.9 Å². The van der Waals surface area contributed by atoms with Gasteiger partial charge in [-0.05, 0) is 54.7 Å². The Kier molecular flexibility index (Phi) is 5.53. The molecule has 5 nitrogen and oxygen atoms in total. The van der Waals surface area contributed by atoms with E-state index < -0.39 is 10.0 Å². The maximum absolute atomic E-state index is 13.1. The highest BCUT2D eigenvalue weighted by atomic mass is 32.2. The molecule has 0 aliphatic carbocycles. The van der Waals surface area contributed by atoms with Crippen LogP contribution < -0.4 is 5.32 Å². The zero-order valence-corrected chi connectivity index (χ0v) is 16.9. The monoisotopic (exact) mass is 398 g/mol. The van der Waals surface area contributed by atoms with Crippen LogP contribution in [0.4, 0.5) is 0 Å². The lowest BCUT2D eigenvalue weighted by molar-refractivity contribution is 0.0776. The zero-order valence-electron chi connectivity index (χ0n) is 16.1. The summed E-state index contributed by atoms with van der Waals surface area (Å²) in [5, 5.41) is 4.61. The number of ether oxygens (including phenoxy) is 1. The first-order valence-corrected chi connectivity index (χ1v) is 11.3. The van der Waals surface area contributed by atoms with Crippen LogP contribution in [-0.4, -0.2) is 31.6 Å². The summed E-state index contributed by atoms with van der Waals surface area (Å²) in [6.45, 7) is 4.47.